The van der Waals surface area contributed by atoms with E-state index in [0.29, 0.717) is 0 Å². The van der Waals surface area contributed by atoms with Crippen LogP contribution in [0.1, 0.15) is 60.5 Å². The highest BCUT2D eigenvalue weighted by Crippen LogP contribution is 2.20. The van der Waals surface area contributed by atoms with Crippen LogP contribution >= 0.6 is 0 Å². The van der Waals surface area contributed by atoms with E-state index in [2.05, 4.69) is 39.8 Å². The van der Waals surface area contributed by atoms with Crippen molar-refractivity contribution >= 4 is 0 Å². The molecule has 0 spiro atoms. The molecule has 0 atom stereocenters. The second-order valence-corrected chi connectivity index (χ2v) is 4.03. The van der Waals surface area contributed by atoms with Crippen molar-refractivity contribution < 1.29 is 4.74 Å². The Kier molecular flexibility index (Phi) is 11.0. The van der Waals surface area contributed by atoms with Crippen LogP contribution in [0.2, 0.25) is 0 Å². The molecule has 0 unspecified atom stereocenters. The van der Waals surface area contributed by atoms with E-state index in [4.69, 9.17) is 4.74 Å². The number of rotatable bonds is 3. The molecular weight excluding hydrogens is 208 g/mol. The number of benzene rings is 1. The SMILES string of the molecule is CC.CC.CCC(C)(C)Oc1ccc(C)cc1. The summed E-state index contributed by atoms with van der Waals surface area (Å²) in [5.74, 6) is 0.956. The molecule has 0 aliphatic carbocycles. The fraction of sp³-hybridized carbons (Fsp3) is 0.625. The van der Waals surface area contributed by atoms with Gasteiger partial charge >= 0.3 is 0 Å². The van der Waals surface area contributed by atoms with Crippen LogP contribution < -0.4 is 4.74 Å². The molecule has 0 bridgehead atoms. The molecule has 0 saturated carbocycles. The van der Waals surface area contributed by atoms with Gasteiger partial charge in [0.1, 0.15) is 11.4 Å². The van der Waals surface area contributed by atoms with Gasteiger partial charge < -0.3 is 4.74 Å². The first-order valence-corrected chi connectivity index (χ1v) is 6.79. The van der Waals surface area contributed by atoms with E-state index in [1.165, 1.54) is 5.56 Å². The van der Waals surface area contributed by atoms with Crippen LogP contribution in [0, 0.1) is 6.92 Å². The van der Waals surface area contributed by atoms with Crippen LogP contribution in [-0.2, 0) is 0 Å². The maximum atomic E-state index is 5.81. The highest BCUT2D eigenvalue weighted by atomic mass is 16.5. The molecule has 1 rings (SSSR count). The summed E-state index contributed by atoms with van der Waals surface area (Å²) < 4.78 is 5.81. The molecule has 0 radical (unpaired) electrons. The monoisotopic (exact) mass is 238 g/mol. The lowest BCUT2D eigenvalue weighted by molar-refractivity contribution is 0.105. The van der Waals surface area contributed by atoms with Gasteiger partial charge in [0.15, 0.2) is 0 Å². The molecule has 0 amide bonds. The fourth-order valence-corrected chi connectivity index (χ4v) is 0.998. The molecule has 0 N–H and O–H groups in total. The van der Waals surface area contributed by atoms with Gasteiger partial charge in [0.25, 0.3) is 0 Å². The third-order valence-electron chi connectivity index (χ3n) is 2.27. The Morgan fingerprint density at radius 1 is 0.941 bits per heavy atom. The smallest absolute Gasteiger partial charge is 0.120 e. The van der Waals surface area contributed by atoms with Crippen molar-refractivity contribution in [3.05, 3.63) is 29.8 Å². The zero-order chi connectivity index (χ0) is 13.9. The lowest BCUT2D eigenvalue weighted by Gasteiger charge is -2.24. The summed E-state index contributed by atoms with van der Waals surface area (Å²) in [6.45, 7) is 16.4. The van der Waals surface area contributed by atoms with Crippen LogP contribution in [0.3, 0.4) is 0 Å². The van der Waals surface area contributed by atoms with Crippen molar-refractivity contribution in [2.24, 2.45) is 0 Å². The van der Waals surface area contributed by atoms with Crippen molar-refractivity contribution in [3.8, 4) is 5.75 Å². The summed E-state index contributed by atoms with van der Waals surface area (Å²) in [5, 5.41) is 0. The molecular formula is C16H30O. The second kappa shape index (κ2) is 10.2. The molecule has 0 aliphatic heterocycles. The largest absolute Gasteiger partial charge is 0.488 e. The minimum atomic E-state index is -0.0603. The Balaban J connectivity index is 0. The summed E-state index contributed by atoms with van der Waals surface area (Å²) in [4.78, 5) is 0. The third-order valence-corrected chi connectivity index (χ3v) is 2.27. The lowest BCUT2D eigenvalue weighted by atomic mass is 10.1. The first kappa shape index (κ1) is 18.4. The average molecular weight is 238 g/mol. The van der Waals surface area contributed by atoms with E-state index in [-0.39, 0.29) is 5.60 Å². The van der Waals surface area contributed by atoms with Crippen molar-refractivity contribution in [1.29, 1.82) is 0 Å². The quantitative estimate of drug-likeness (QED) is 0.664. The molecule has 1 aromatic rings. The van der Waals surface area contributed by atoms with E-state index in [1.807, 2.05) is 39.8 Å². The molecule has 0 heterocycles. The van der Waals surface area contributed by atoms with Crippen molar-refractivity contribution in [1.82, 2.24) is 0 Å². The predicted octanol–water partition coefficient (Wildman–Crippen LogP) is 5.61. The Morgan fingerprint density at radius 3 is 1.71 bits per heavy atom. The molecule has 0 saturated heterocycles. The van der Waals surface area contributed by atoms with Gasteiger partial charge in [-0.2, -0.15) is 0 Å². The van der Waals surface area contributed by atoms with Gasteiger partial charge in [-0.15, -0.1) is 0 Å². The number of aryl methyl sites for hydroxylation is 1. The molecule has 1 aromatic carbocycles. The van der Waals surface area contributed by atoms with Gasteiger partial charge in [0.05, 0.1) is 0 Å². The first-order valence-electron chi connectivity index (χ1n) is 6.79. The van der Waals surface area contributed by atoms with E-state index < -0.39 is 0 Å². The van der Waals surface area contributed by atoms with Gasteiger partial charge in [0, 0.05) is 0 Å². The molecule has 0 aliphatic rings. The van der Waals surface area contributed by atoms with Gasteiger partial charge in [-0.05, 0) is 39.3 Å². The Hall–Kier alpha value is -0.980. The van der Waals surface area contributed by atoms with E-state index in [9.17, 15) is 0 Å². The summed E-state index contributed by atoms with van der Waals surface area (Å²) >= 11 is 0. The number of ether oxygens (including phenoxy) is 1. The molecule has 1 nitrogen and oxygen atoms in total. The maximum Gasteiger partial charge on any atom is 0.120 e. The fourth-order valence-electron chi connectivity index (χ4n) is 0.998. The van der Waals surface area contributed by atoms with Gasteiger partial charge in [-0.25, -0.2) is 0 Å². The summed E-state index contributed by atoms with van der Waals surface area (Å²) in [6, 6.07) is 8.18. The molecule has 1 heteroatoms. The zero-order valence-corrected chi connectivity index (χ0v) is 12.9. The summed E-state index contributed by atoms with van der Waals surface area (Å²) in [5.41, 5.74) is 1.21. The Labute approximate surface area is 108 Å². The van der Waals surface area contributed by atoms with Crippen LogP contribution in [0.4, 0.5) is 0 Å². The van der Waals surface area contributed by atoms with E-state index in [1.54, 1.807) is 0 Å². The van der Waals surface area contributed by atoms with Gasteiger partial charge in [0.2, 0.25) is 0 Å². The second-order valence-electron chi connectivity index (χ2n) is 4.03. The standard InChI is InChI=1S/C12H18O.2C2H6/c1-5-12(3,4)13-11-8-6-10(2)7-9-11;2*1-2/h6-9H,5H2,1-4H3;2*1-2H3. The Morgan fingerprint density at radius 2 is 1.35 bits per heavy atom. The molecule has 100 valence electrons. The van der Waals surface area contributed by atoms with E-state index in [0.717, 1.165) is 12.2 Å². The topological polar surface area (TPSA) is 9.23 Å². The van der Waals surface area contributed by atoms with Crippen LogP contribution in [0.15, 0.2) is 24.3 Å². The molecule has 0 aromatic heterocycles. The third kappa shape index (κ3) is 8.79. The molecule has 17 heavy (non-hydrogen) atoms. The number of hydrogen-bond donors (Lipinski definition) is 0. The normalized spacial score (nSPS) is 9.41. The van der Waals surface area contributed by atoms with Crippen LogP contribution in [-0.4, -0.2) is 5.60 Å². The predicted molar refractivity (Wildman–Crippen MR) is 78.9 cm³/mol. The molecule has 0 fully saturated rings. The highest BCUT2D eigenvalue weighted by molar-refractivity contribution is 5.26. The number of hydrogen-bond acceptors (Lipinski definition) is 1. The van der Waals surface area contributed by atoms with Crippen LogP contribution in [0.5, 0.6) is 5.75 Å². The summed E-state index contributed by atoms with van der Waals surface area (Å²) in [6.07, 6.45) is 1.01. The minimum Gasteiger partial charge on any atom is -0.488 e. The first-order chi connectivity index (χ1) is 8.03. The van der Waals surface area contributed by atoms with Crippen molar-refractivity contribution in [2.45, 2.75) is 67.4 Å². The maximum absolute atomic E-state index is 5.81. The lowest BCUT2D eigenvalue weighted by Crippen LogP contribution is -2.26. The van der Waals surface area contributed by atoms with Gasteiger partial charge in [-0.3, -0.25) is 0 Å². The van der Waals surface area contributed by atoms with Crippen molar-refractivity contribution in [3.63, 3.8) is 0 Å². The Bertz CT molecular complexity index is 259. The zero-order valence-electron chi connectivity index (χ0n) is 12.9. The van der Waals surface area contributed by atoms with E-state index >= 15 is 0 Å². The minimum absolute atomic E-state index is 0.0603. The summed E-state index contributed by atoms with van der Waals surface area (Å²) in [7, 11) is 0. The van der Waals surface area contributed by atoms with Crippen LogP contribution in [0.25, 0.3) is 0 Å². The van der Waals surface area contributed by atoms with Crippen molar-refractivity contribution in [2.75, 3.05) is 0 Å². The highest BCUT2D eigenvalue weighted by Gasteiger charge is 2.16. The van der Waals surface area contributed by atoms with Gasteiger partial charge in [-0.1, -0.05) is 52.3 Å². The average Bonchev–Trinajstić information content (AvgIpc) is 2.37.